The van der Waals surface area contributed by atoms with Gasteiger partial charge in [-0.15, -0.1) is 0 Å². The summed E-state index contributed by atoms with van der Waals surface area (Å²) in [6.45, 7) is 3.93. The summed E-state index contributed by atoms with van der Waals surface area (Å²) in [7, 11) is 0. The third-order valence-electron chi connectivity index (χ3n) is 3.62. The Bertz CT molecular complexity index is 347. The molecule has 1 heterocycles. The summed E-state index contributed by atoms with van der Waals surface area (Å²) in [5.74, 6) is 0. The van der Waals surface area contributed by atoms with Crippen LogP contribution in [0.25, 0.3) is 0 Å². The highest BCUT2D eigenvalue weighted by Crippen LogP contribution is 2.17. The zero-order valence-electron chi connectivity index (χ0n) is 11.1. The van der Waals surface area contributed by atoms with Gasteiger partial charge in [-0.1, -0.05) is 37.3 Å². The van der Waals surface area contributed by atoms with Gasteiger partial charge >= 0.3 is 0 Å². The highest BCUT2D eigenvalue weighted by Gasteiger charge is 2.32. The smallest absolute Gasteiger partial charge is 0.102 e. The Labute approximate surface area is 109 Å². The Morgan fingerprint density at radius 2 is 2.17 bits per heavy atom. The summed E-state index contributed by atoms with van der Waals surface area (Å²) < 4.78 is 5.25. The maximum absolute atomic E-state index is 10.2. The van der Waals surface area contributed by atoms with Crippen LogP contribution in [0.3, 0.4) is 0 Å². The number of nitrogens with one attached hydrogen (secondary N) is 1. The summed E-state index contributed by atoms with van der Waals surface area (Å²) in [6, 6.07) is 10.9. The van der Waals surface area contributed by atoms with Crippen LogP contribution in [0, 0.1) is 0 Å². The number of benzene rings is 1. The normalized spacial score (nSPS) is 25.2. The van der Waals surface area contributed by atoms with Gasteiger partial charge in [0, 0.05) is 25.6 Å². The van der Waals surface area contributed by atoms with Crippen molar-refractivity contribution in [3.05, 3.63) is 35.9 Å². The fraction of sp³-hybridized carbons (Fsp3) is 0.600. The first-order valence-electron chi connectivity index (χ1n) is 6.79. The van der Waals surface area contributed by atoms with E-state index < -0.39 is 5.60 Å². The molecule has 2 unspecified atom stereocenters. The highest BCUT2D eigenvalue weighted by atomic mass is 16.5. The molecule has 2 atom stereocenters. The molecule has 3 heteroatoms. The van der Waals surface area contributed by atoms with Gasteiger partial charge in [-0.2, -0.15) is 0 Å². The van der Waals surface area contributed by atoms with Gasteiger partial charge in [-0.3, -0.25) is 0 Å². The fourth-order valence-corrected chi connectivity index (χ4v) is 2.33. The zero-order valence-corrected chi connectivity index (χ0v) is 11.1. The number of aliphatic hydroxyl groups is 1. The van der Waals surface area contributed by atoms with Crippen molar-refractivity contribution in [1.82, 2.24) is 5.32 Å². The van der Waals surface area contributed by atoms with Gasteiger partial charge in [0.05, 0.1) is 6.61 Å². The highest BCUT2D eigenvalue weighted by molar-refractivity contribution is 5.15. The first kappa shape index (κ1) is 13.5. The van der Waals surface area contributed by atoms with E-state index in [1.54, 1.807) is 0 Å². The standard InChI is InChI=1S/C15H23NO2/c1-2-14(10-13-6-4-3-5-7-13)16-11-15(17)8-9-18-12-15/h3-7,14,16-17H,2,8-12H2,1H3. The molecule has 3 nitrogen and oxygen atoms in total. The van der Waals surface area contributed by atoms with Gasteiger partial charge in [0.25, 0.3) is 0 Å². The van der Waals surface area contributed by atoms with E-state index in [1.807, 2.05) is 6.07 Å². The molecule has 0 aromatic heterocycles. The summed E-state index contributed by atoms with van der Waals surface area (Å²) in [5.41, 5.74) is 0.677. The SMILES string of the molecule is CCC(Cc1ccccc1)NCC1(O)CCOC1. The van der Waals surface area contributed by atoms with Crippen molar-refractivity contribution in [2.24, 2.45) is 0 Å². The molecule has 18 heavy (non-hydrogen) atoms. The largest absolute Gasteiger partial charge is 0.386 e. The summed E-state index contributed by atoms with van der Waals surface area (Å²) >= 11 is 0. The molecule has 2 rings (SSSR count). The molecule has 1 aliphatic heterocycles. The summed E-state index contributed by atoms with van der Waals surface area (Å²) in [4.78, 5) is 0. The van der Waals surface area contributed by atoms with Crippen LogP contribution in [0.5, 0.6) is 0 Å². The Morgan fingerprint density at radius 3 is 2.78 bits per heavy atom. The fourth-order valence-electron chi connectivity index (χ4n) is 2.33. The maximum atomic E-state index is 10.2. The van der Waals surface area contributed by atoms with Crippen molar-refractivity contribution in [3.63, 3.8) is 0 Å². The topological polar surface area (TPSA) is 41.5 Å². The van der Waals surface area contributed by atoms with Crippen molar-refractivity contribution in [2.45, 2.75) is 37.8 Å². The van der Waals surface area contributed by atoms with Crippen molar-refractivity contribution >= 4 is 0 Å². The number of ether oxygens (including phenoxy) is 1. The van der Waals surface area contributed by atoms with E-state index in [9.17, 15) is 5.11 Å². The second-order valence-corrected chi connectivity index (χ2v) is 5.20. The second kappa shape index (κ2) is 6.32. The van der Waals surface area contributed by atoms with Crippen LogP contribution in [0.4, 0.5) is 0 Å². The molecule has 100 valence electrons. The first-order valence-corrected chi connectivity index (χ1v) is 6.79. The van der Waals surface area contributed by atoms with Crippen LogP contribution >= 0.6 is 0 Å². The lowest BCUT2D eigenvalue weighted by Gasteiger charge is -2.25. The molecule has 1 fully saturated rings. The maximum Gasteiger partial charge on any atom is 0.102 e. The summed E-state index contributed by atoms with van der Waals surface area (Å²) in [6.07, 6.45) is 2.81. The molecular formula is C15H23NO2. The number of hydrogen-bond donors (Lipinski definition) is 2. The minimum atomic E-state index is -0.663. The lowest BCUT2D eigenvalue weighted by atomic mass is 10.0. The third kappa shape index (κ3) is 3.80. The third-order valence-corrected chi connectivity index (χ3v) is 3.62. The molecule has 1 aromatic carbocycles. The molecule has 0 radical (unpaired) electrons. The molecular weight excluding hydrogens is 226 g/mol. The van der Waals surface area contributed by atoms with Crippen LogP contribution in [0.1, 0.15) is 25.3 Å². The van der Waals surface area contributed by atoms with Crippen LogP contribution in [0.15, 0.2) is 30.3 Å². The quantitative estimate of drug-likeness (QED) is 0.807. The average molecular weight is 249 g/mol. The second-order valence-electron chi connectivity index (χ2n) is 5.20. The van der Waals surface area contributed by atoms with E-state index in [-0.39, 0.29) is 0 Å². The van der Waals surface area contributed by atoms with E-state index in [1.165, 1.54) is 5.56 Å². The number of hydrogen-bond acceptors (Lipinski definition) is 3. The predicted molar refractivity (Wildman–Crippen MR) is 72.6 cm³/mol. The van der Waals surface area contributed by atoms with Crippen molar-refractivity contribution < 1.29 is 9.84 Å². The molecule has 0 amide bonds. The Balaban J connectivity index is 1.82. The molecule has 2 N–H and O–H groups in total. The molecule has 1 aromatic rings. The molecule has 0 spiro atoms. The van der Waals surface area contributed by atoms with E-state index in [0.29, 0.717) is 25.8 Å². The van der Waals surface area contributed by atoms with Crippen molar-refractivity contribution in [2.75, 3.05) is 19.8 Å². The molecule has 1 saturated heterocycles. The zero-order chi connectivity index (χ0) is 12.8. The van der Waals surface area contributed by atoms with Gasteiger partial charge < -0.3 is 15.2 Å². The average Bonchev–Trinajstić information content (AvgIpc) is 2.83. The summed E-state index contributed by atoms with van der Waals surface area (Å²) in [5, 5.41) is 13.7. The van der Waals surface area contributed by atoms with Gasteiger partial charge in [0.2, 0.25) is 0 Å². The molecule has 0 bridgehead atoms. The van der Waals surface area contributed by atoms with Crippen LogP contribution in [0.2, 0.25) is 0 Å². The van der Waals surface area contributed by atoms with Gasteiger partial charge in [0.15, 0.2) is 0 Å². The van der Waals surface area contributed by atoms with E-state index in [2.05, 4.69) is 36.5 Å². The lowest BCUT2D eigenvalue weighted by Crippen LogP contribution is -2.45. The lowest BCUT2D eigenvalue weighted by molar-refractivity contribution is 0.0247. The van der Waals surface area contributed by atoms with Crippen LogP contribution in [-0.4, -0.2) is 36.5 Å². The number of rotatable bonds is 6. The van der Waals surface area contributed by atoms with Crippen LogP contribution in [-0.2, 0) is 11.2 Å². The van der Waals surface area contributed by atoms with E-state index in [4.69, 9.17) is 4.74 Å². The Hall–Kier alpha value is -0.900. The van der Waals surface area contributed by atoms with Gasteiger partial charge in [0.1, 0.15) is 5.60 Å². The van der Waals surface area contributed by atoms with Crippen molar-refractivity contribution in [3.8, 4) is 0 Å². The predicted octanol–water partition coefficient (Wildman–Crippen LogP) is 1.75. The Kier molecular flexibility index (Phi) is 4.75. The minimum absolute atomic E-state index is 0.414. The van der Waals surface area contributed by atoms with E-state index >= 15 is 0 Å². The molecule has 1 aliphatic rings. The van der Waals surface area contributed by atoms with Gasteiger partial charge in [-0.05, 0) is 18.4 Å². The Morgan fingerprint density at radius 1 is 1.39 bits per heavy atom. The first-order chi connectivity index (χ1) is 8.72. The molecule has 0 aliphatic carbocycles. The van der Waals surface area contributed by atoms with E-state index in [0.717, 1.165) is 19.3 Å². The monoisotopic (exact) mass is 249 g/mol. The van der Waals surface area contributed by atoms with Crippen LogP contribution < -0.4 is 5.32 Å². The minimum Gasteiger partial charge on any atom is -0.386 e. The van der Waals surface area contributed by atoms with Crippen molar-refractivity contribution in [1.29, 1.82) is 0 Å². The van der Waals surface area contributed by atoms with Gasteiger partial charge in [-0.25, -0.2) is 0 Å². The molecule has 0 saturated carbocycles.